The van der Waals surface area contributed by atoms with Crippen molar-refractivity contribution in [1.29, 1.82) is 0 Å². The van der Waals surface area contributed by atoms with Crippen molar-refractivity contribution in [2.24, 2.45) is 5.10 Å². The van der Waals surface area contributed by atoms with Gasteiger partial charge in [-0.15, -0.1) is 0 Å². The van der Waals surface area contributed by atoms with Crippen LogP contribution in [0.25, 0.3) is 0 Å². The molecule has 160 valence electrons. The van der Waals surface area contributed by atoms with Crippen LogP contribution in [0.1, 0.15) is 24.5 Å². The highest BCUT2D eigenvalue weighted by Gasteiger charge is 2.09. The SMILES string of the molecule is COc1ccc(CNC(=O)CC(C)=NNC(=O)Cc2ccc(OC)c(OC)c2)cc1. The van der Waals surface area contributed by atoms with Crippen molar-refractivity contribution in [3.8, 4) is 17.2 Å². The Kier molecular flexibility index (Phi) is 8.68. The standard InChI is InChI=1S/C22H27N3O5/c1-15(11-21(26)23-14-16-5-8-18(28-2)9-6-16)24-25-22(27)13-17-7-10-19(29-3)20(12-17)30-4/h5-10,12H,11,13-14H2,1-4H3,(H,23,26)(H,25,27). The molecule has 8 heteroatoms. The second kappa shape index (κ2) is 11.5. The van der Waals surface area contributed by atoms with Crippen LogP contribution in [0.2, 0.25) is 0 Å². The maximum Gasteiger partial charge on any atom is 0.244 e. The summed E-state index contributed by atoms with van der Waals surface area (Å²) in [6, 6.07) is 12.7. The zero-order valence-corrected chi connectivity index (χ0v) is 17.7. The van der Waals surface area contributed by atoms with E-state index in [2.05, 4.69) is 15.8 Å². The molecular weight excluding hydrogens is 386 g/mol. The molecule has 2 amide bonds. The smallest absolute Gasteiger partial charge is 0.244 e. The molecule has 0 heterocycles. The number of ether oxygens (including phenoxy) is 3. The summed E-state index contributed by atoms with van der Waals surface area (Å²) in [4.78, 5) is 24.2. The topological polar surface area (TPSA) is 98.2 Å². The fraction of sp³-hybridized carbons (Fsp3) is 0.318. The van der Waals surface area contributed by atoms with Crippen molar-refractivity contribution >= 4 is 17.5 Å². The van der Waals surface area contributed by atoms with Crippen LogP contribution in [-0.2, 0) is 22.6 Å². The molecule has 0 atom stereocenters. The number of hydrazone groups is 1. The van der Waals surface area contributed by atoms with Crippen molar-refractivity contribution in [1.82, 2.24) is 10.7 Å². The number of nitrogens with one attached hydrogen (secondary N) is 2. The zero-order valence-electron chi connectivity index (χ0n) is 17.7. The number of benzene rings is 2. The molecule has 0 saturated heterocycles. The maximum atomic E-state index is 12.1. The van der Waals surface area contributed by atoms with Gasteiger partial charge in [-0.1, -0.05) is 18.2 Å². The number of carbonyl (C=O) groups is 2. The van der Waals surface area contributed by atoms with Crippen LogP contribution in [0.15, 0.2) is 47.6 Å². The molecule has 0 fully saturated rings. The number of amides is 2. The quantitative estimate of drug-likeness (QED) is 0.461. The van der Waals surface area contributed by atoms with Gasteiger partial charge in [-0.2, -0.15) is 5.10 Å². The van der Waals surface area contributed by atoms with E-state index in [1.807, 2.05) is 24.3 Å². The van der Waals surface area contributed by atoms with Gasteiger partial charge in [0, 0.05) is 12.3 Å². The first kappa shape index (κ1) is 22.7. The van der Waals surface area contributed by atoms with E-state index in [1.54, 1.807) is 39.3 Å². The first-order valence-corrected chi connectivity index (χ1v) is 9.37. The van der Waals surface area contributed by atoms with Gasteiger partial charge in [-0.3, -0.25) is 9.59 Å². The third-order valence-electron chi connectivity index (χ3n) is 4.25. The fourth-order valence-corrected chi connectivity index (χ4v) is 2.65. The normalized spacial score (nSPS) is 10.9. The zero-order chi connectivity index (χ0) is 21.9. The summed E-state index contributed by atoms with van der Waals surface area (Å²) in [5.74, 6) is 1.44. The summed E-state index contributed by atoms with van der Waals surface area (Å²) in [5, 5.41) is 6.82. The van der Waals surface area contributed by atoms with Crippen LogP contribution in [0.3, 0.4) is 0 Å². The lowest BCUT2D eigenvalue weighted by Gasteiger charge is -2.09. The molecule has 2 aromatic rings. The van der Waals surface area contributed by atoms with Gasteiger partial charge < -0.3 is 19.5 Å². The van der Waals surface area contributed by atoms with E-state index in [1.165, 1.54) is 7.11 Å². The summed E-state index contributed by atoms with van der Waals surface area (Å²) >= 11 is 0. The number of nitrogens with zero attached hydrogens (tertiary/aromatic N) is 1. The molecule has 0 spiro atoms. The van der Waals surface area contributed by atoms with Crippen LogP contribution < -0.4 is 25.0 Å². The van der Waals surface area contributed by atoms with Crippen LogP contribution in [-0.4, -0.2) is 38.9 Å². The second-order valence-corrected chi connectivity index (χ2v) is 6.55. The van der Waals surface area contributed by atoms with Crippen LogP contribution >= 0.6 is 0 Å². The molecule has 30 heavy (non-hydrogen) atoms. The monoisotopic (exact) mass is 413 g/mol. The van der Waals surface area contributed by atoms with Gasteiger partial charge in [0.2, 0.25) is 11.8 Å². The van der Waals surface area contributed by atoms with Gasteiger partial charge in [0.1, 0.15) is 5.75 Å². The Hall–Kier alpha value is -3.55. The Labute approximate surface area is 176 Å². The first-order valence-electron chi connectivity index (χ1n) is 9.37. The van der Waals surface area contributed by atoms with E-state index in [-0.39, 0.29) is 24.7 Å². The van der Waals surface area contributed by atoms with E-state index in [9.17, 15) is 9.59 Å². The first-order chi connectivity index (χ1) is 14.4. The Morgan fingerprint density at radius 2 is 1.53 bits per heavy atom. The Morgan fingerprint density at radius 1 is 0.867 bits per heavy atom. The number of rotatable bonds is 10. The molecule has 0 aliphatic heterocycles. The van der Waals surface area contributed by atoms with E-state index in [0.717, 1.165) is 16.9 Å². The largest absolute Gasteiger partial charge is 0.497 e. The predicted molar refractivity (Wildman–Crippen MR) is 114 cm³/mol. The van der Waals surface area contributed by atoms with E-state index >= 15 is 0 Å². The van der Waals surface area contributed by atoms with E-state index < -0.39 is 0 Å². The number of methoxy groups -OCH3 is 3. The molecule has 0 unspecified atom stereocenters. The summed E-state index contributed by atoms with van der Waals surface area (Å²) in [6.45, 7) is 2.09. The molecule has 0 aliphatic carbocycles. The summed E-state index contributed by atoms with van der Waals surface area (Å²) in [7, 11) is 4.69. The minimum atomic E-state index is -0.291. The lowest BCUT2D eigenvalue weighted by molar-refractivity contribution is -0.121. The maximum absolute atomic E-state index is 12.1. The van der Waals surface area contributed by atoms with Gasteiger partial charge >= 0.3 is 0 Å². The minimum absolute atomic E-state index is 0.0901. The van der Waals surface area contributed by atoms with Gasteiger partial charge in [0.25, 0.3) is 0 Å². The third-order valence-corrected chi connectivity index (χ3v) is 4.25. The highest BCUT2D eigenvalue weighted by molar-refractivity contribution is 6.00. The number of carbonyl (C=O) groups excluding carboxylic acids is 2. The summed E-state index contributed by atoms with van der Waals surface area (Å²) in [6.07, 6.45) is 0.216. The average molecular weight is 413 g/mol. The highest BCUT2D eigenvalue weighted by Crippen LogP contribution is 2.27. The molecule has 0 saturated carbocycles. The number of hydrogen-bond donors (Lipinski definition) is 2. The highest BCUT2D eigenvalue weighted by atomic mass is 16.5. The Balaban J connectivity index is 1.79. The predicted octanol–water partition coefficient (Wildman–Crippen LogP) is 2.45. The Morgan fingerprint density at radius 3 is 2.17 bits per heavy atom. The molecule has 2 aromatic carbocycles. The molecule has 0 aromatic heterocycles. The van der Waals surface area contributed by atoms with Gasteiger partial charge in [-0.05, 0) is 42.3 Å². The van der Waals surface area contributed by atoms with E-state index in [0.29, 0.717) is 23.8 Å². The van der Waals surface area contributed by atoms with Crippen LogP contribution in [0.4, 0.5) is 0 Å². The van der Waals surface area contributed by atoms with Crippen molar-refractivity contribution in [3.63, 3.8) is 0 Å². The van der Waals surface area contributed by atoms with Gasteiger partial charge in [-0.25, -0.2) is 5.43 Å². The molecular formula is C22H27N3O5. The third kappa shape index (κ3) is 7.12. The van der Waals surface area contributed by atoms with Crippen molar-refractivity contribution in [2.75, 3.05) is 21.3 Å². The molecule has 2 rings (SSSR count). The van der Waals surface area contributed by atoms with Gasteiger partial charge in [0.15, 0.2) is 11.5 Å². The lowest BCUT2D eigenvalue weighted by atomic mass is 10.1. The summed E-state index contributed by atoms with van der Waals surface area (Å²) < 4.78 is 15.5. The molecule has 2 N–H and O–H groups in total. The van der Waals surface area contributed by atoms with Crippen molar-refractivity contribution in [2.45, 2.75) is 26.3 Å². The van der Waals surface area contributed by atoms with Crippen molar-refractivity contribution < 1.29 is 23.8 Å². The fourth-order valence-electron chi connectivity index (χ4n) is 2.65. The molecule has 0 bridgehead atoms. The average Bonchev–Trinajstić information content (AvgIpc) is 2.76. The van der Waals surface area contributed by atoms with Gasteiger partial charge in [0.05, 0.1) is 34.2 Å². The lowest BCUT2D eigenvalue weighted by Crippen LogP contribution is -2.26. The Bertz CT molecular complexity index is 894. The van der Waals surface area contributed by atoms with Crippen LogP contribution in [0.5, 0.6) is 17.2 Å². The molecule has 8 nitrogen and oxygen atoms in total. The van der Waals surface area contributed by atoms with Crippen molar-refractivity contribution in [3.05, 3.63) is 53.6 Å². The van der Waals surface area contributed by atoms with E-state index in [4.69, 9.17) is 14.2 Å². The summed E-state index contributed by atoms with van der Waals surface area (Å²) in [5.41, 5.74) is 4.69. The number of hydrogen-bond acceptors (Lipinski definition) is 6. The minimum Gasteiger partial charge on any atom is -0.497 e. The molecule has 0 aliphatic rings. The van der Waals surface area contributed by atoms with Crippen LogP contribution in [0, 0.1) is 0 Å². The second-order valence-electron chi connectivity index (χ2n) is 6.55. The molecule has 0 radical (unpaired) electrons.